The molecule has 2 aromatic rings. The van der Waals surface area contributed by atoms with Gasteiger partial charge in [0.25, 0.3) is 5.91 Å². The van der Waals surface area contributed by atoms with Gasteiger partial charge in [-0.05, 0) is 30.7 Å². The normalized spacial score (nSPS) is 10.2. The van der Waals surface area contributed by atoms with Crippen LogP contribution >= 0.6 is 0 Å². The van der Waals surface area contributed by atoms with Crippen molar-refractivity contribution in [1.82, 2.24) is 5.48 Å². The fourth-order valence-corrected chi connectivity index (χ4v) is 1.78. The van der Waals surface area contributed by atoms with Crippen LogP contribution < -0.4 is 10.2 Å². The van der Waals surface area contributed by atoms with E-state index < -0.39 is 0 Å². The molecule has 0 bridgehead atoms. The maximum Gasteiger partial charge on any atom is 0.278 e. The smallest absolute Gasteiger partial charge is 0.278 e. The van der Waals surface area contributed by atoms with Crippen molar-refractivity contribution in [2.75, 3.05) is 13.7 Å². The first-order valence-electron chi connectivity index (χ1n) is 6.39. The van der Waals surface area contributed by atoms with Crippen LogP contribution in [0.25, 0.3) is 0 Å². The largest absolute Gasteiger partial charge is 0.496 e. The van der Waals surface area contributed by atoms with Crippen molar-refractivity contribution in [1.29, 1.82) is 0 Å². The number of para-hydroxylation sites is 1. The van der Waals surface area contributed by atoms with Crippen LogP contribution in [0, 0.1) is 0 Å². The highest BCUT2D eigenvalue weighted by atomic mass is 16.6. The lowest BCUT2D eigenvalue weighted by Gasteiger charge is -2.08. The first-order chi connectivity index (χ1) is 9.81. The van der Waals surface area contributed by atoms with Gasteiger partial charge in [0.1, 0.15) is 11.5 Å². The summed E-state index contributed by atoms with van der Waals surface area (Å²) in [6.07, 6.45) is 3.18. The number of aryl methyl sites for hydroxylation is 1. The lowest BCUT2D eigenvalue weighted by molar-refractivity contribution is 0.0299. The Morgan fingerprint density at radius 2 is 2.10 bits per heavy atom. The molecule has 0 aliphatic heterocycles. The Kier molecular flexibility index (Phi) is 5.20. The lowest BCUT2D eigenvalue weighted by atomic mass is 10.2. The van der Waals surface area contributed by atoms with Crippen molar-refractivity contribution < 1.29 is 18.8 Å². The molecule has 1 heterocycles. The summed E-state index contributed by atoms with van der Waals surface area (Å²) in [4.78, 5) is 17.0. The van der Waals surface area contributed by atoms with Gasteiger partial charge in [-0.15, -0.1) is 0 Å². The van der Waals surface area contributed by atoms with Gasteiger partial charge in [0, 0.05) is 6.42 Å². The number of ether oxygens (including phenoxy) is 1. The molecule has 0 fully saturated rings. The first kappa shape index (κ1) is 14.1. The first-order valence-corrected chi connectivity index (χ1v) is 6.39. The highest BCUT2D eigenvalue weighted by Crippen LogP contribution is 2.16. The van der Waals surface area contributed by atoms with Crippen LogP contribution in [-0.2, 0) is 11.3 Å². The van der Waals surface area contributed by atoms with Crippen LogP contribution in [0.5, 0.6) is 5.75 Å². The summed E-state index contributed by atoms with van der Waals surface area (Å²) in [5, 5.41) is 0. The van der Waals surface area contributed by atoms with Crippen LogP contribution in [0.2, 0.25) is 0 Å². The molecule has 20 heavy (non-hydrogen) atoms. The molecule has 0 saturated heterocycles. The maximum absolute atomic E-state index is 11.9. The fourth-order valence-electron chi connectivity index (χ4n) is 1.78. The molecule has 0 unspecified atom stereocenters. The SMILES string of the molecule is COc1ccccc1C(=O)NOCCCc1ccco1. The average molecular weight is 275 g/mol. The van der Waals surface area contributed by atoms with E-state index >= 15 is 0 Å². The van der Waals surface area contributed by atoms with Gasteiger partial charge in [-0.1, -0.05) is 12.1 Å². The average Bonchev–Trinajstić information content (AvgIpc) is 3.00. The molecule has 0 radical (unpaired) electrons. The molecule has 1 aromatic carbocycles. The van der Waals surface area contributed by atoms with E-state index in [9.17, 15) is 4.79 Å². The van der Waals surface area contributed by atoms with Gasteiger partial charge in [-0.2, -0.15) is 0 Å². The summed E-state index contributed by atoms with van der Waals surface area (Å²) in [5.41, 5.74) is 2.85. The number of carbonyl (C=O) groups is 1. The van der Waals surface area contributed by atoms with Crippen molar-refractivity contribution in [3.63, 3.8) is 0 Å². The molecule has 1 N–H and O–H groups in total. The Morgan fingerprint density at radius 1 is 1.25 bits per heavy atom. The van der Waals surface area contributed by atoms with Crippen LogP contribution in [0.3, 0.4) is 0 Å². The Morgan fingerprint density at radius 3 is 2.85 bits per heavy atom. The maximum atomic E-state index is 11.9. The second kappa shape index (κ2) is 7.35. The van der Waals surface area contributed by atoms with E-state index in [-0.39, 0.29) is 5.91 Å². The Balaban J connectivity index is 1.72. The van der Waals surface area contributed by atoms with Gasteiger partial charge in [0.2, 0.25) is 0 Å². The third kappa shape index (κ3) is 3.86. The third-order valence-electron chi connectivity index (χ3n) is 2.77. The van der Waals surface area contributed by atoms with E-state index in [2.05, 4.69) is 5.48 Å². The molecule has 1 amide bonds. The number of amides is 1. The number of nitrogens with one attached hydrogen (secondary N) is 1. The summed E-state index contributed by atoms with van der Waals surface area (Å²) in [6, 6.07) is 10.7. The minimum absolute atomic E-state index is 0.319. The fraction of sp³-hybridized carbons (Fsp3) is 0.267. The second-order valence-corrected chi connectivity index (χ2v) is 4.16. The van der Waals surface area contributed by atoms with Gasteiger partial charge < -0.3 is 9.15 Å². The predicted molar refractivity (Wildman–Crippen MR) is 73.4 cm³/mol. The number of hydrogen-bond acceptors (Lipinski definition) is 4. The van der Waals surface area contributed by atoms with E-state index in [1.54, 1.807) is 30.5 Å². The number of hydroxylamine groups is 1. The minimum Gasteiger partial charge on any atom is -0.496 e. The molecule has 0 aliphatic rings. The molecule has 0 saturated carbocycles. The zero-order valence-corrected chi connectivity index (χ0v) is 11.3. The molecular weight excluding hydrogens is 258 g/mol. The second-order valence-electron chi connectivity index (χ2n) is 4.16. The number of rotatable bonds is 7. The third-order valence-corrected chi connectivity index (χ3v) is 2.77. The van der Waals surface area contributed by atoms with Crippen molar-refractivity contribution >= 4 is 5.91 Å². The Labute approximate surface area is 117 Å². The minimum atomic E-state index is -0.319. The number of carbonyl (C=O) groups excluding carboxylic acids is 1. The van der Waals surface area contributed by atoms with E-state index in [0.29, 0.717) is 17.9 Å². The van der Waals surface area contributed by atoms with Crippen molar-refractivity contribution in [3.8, 4) is 5.75 Å². The quantitative estimate of drug-likeness (QED) is 0.623. The van der Waals surface area contributed by atoms with Crippen molar-refractivity contribution in [2.45, 2.75) is 12.8 Å². The van der Waals surface area contributed by atoms with Gasteiger partial charge in [0.15, 0.2) is 0 Å². The lowest BCUT2D eigenvalue weighted by Crippen LogP contribution is -2.24. The Bertz CT molecular complexity index is 537. The molecule has 106 valence electrons. The molecule has 0 atom stereocenters. The zero-order chi connectivity index (χ0) is 14.2. The van der Waals surface area contributed by atoms with Gasteiger partial charge >= 0.3 is 0 Å². The topological polar surface area (TPSA) is 60.7 Å². The van der Waals surface area contributed by atoms with E-state index in [4.69, 9.17) is 14.0 Å². The summed E-state index contributed by atoms with van der Waals surface area (Å²) in [5.74, 6) is 1.11. The van der Waals surface area contributed by atoms with Gasteiger partial charge in [-0.25, -0.2) is 5.48 Å². The van der Waals surface area contributed by atoms with Crippen LogP contribution in [-0.4, -0.2) is 19.6 Å². The summed E-state index contributed by atoms with van der Waals surface area (Å²) >= 11 is 0. The summed E-state index contributed by atoms with van der Waals surface area (Å²) in [6.45, 7) is 0.418. The van der Waals surface area contributed by atoms with Crippen LogP contribution in [0.15, 0.2) is 47.1 Å². The standard InChI is InChI=1S/C15H17NO4/c1-18-14-9-3-2-8-13(14)15(17)16-20-11-5-7-12-6-4-10-19-12/h2-4,6,8-10H,5,7,11H2,1H3,(H,16,17). The molecule has 5 heteroatoms. The number of benzene rings is 1. The van der Waals surface area contributed by atoms with Crippen molar-refractivity contribution in [2.24, 2.45) is 0 Å². The van der Waals surface area contributed by atoms with E-state index in [0.717, 1.165) is 18.6 Å². The van der Waals surface area contributed by atoms with Gasteiger partial charge in [0.05, 0.1) is 25.5 Å². The molecule has 0 spiro atoms. The number of hydrogen-bond donors (Lipinski definition) is 1. The molecule has 1 aromatic heterocycles. The molecule has 0 aliphatic carbocycles. The molecule has 5 nitrogen and oxygen atoms in total. The summed E-state index contributed by atoms with van der Waals surface area (Å²) < 4.78 is 10.3. The van der Waals surface area contributed by atoms with Crippen molar-refractivity contribution in [3.05, 3.63) is 54.0 Å². The van der Waals surface area contributed by atoms with Crippen LogP contribution in [0.4, 0.5) is 0 Å². The number of furan rings is 1. The molecule has 2 rings (SSSR count). The monoisotopic (exact) mass is 275 g/mol. The predicted octanol–water partition coefficient (Wildman–Crippen LogP) is 2.58. The van der Waals surface area contributed by atoms with Gasteiger partial charge in [-0.3, -0.25) is 9.63 Å². The summed E-state index contributed by atoms with van der Waals surface area (Å²) in [7, 11) is 1.52. The molecular formula is C15H17NO4. The number of methoxy groups -OCH3 is 1. The highest BCUT2D eigenvalue weighted by Gasteiger charge is 2.10. The van der Waals surface area contributed by atoms with Crippen LogP contribution in [0.1, 0.15) is 22.5 Å². The van der Waals surface area contributed by atoms with E-state index in [1.807, 2.05) is 12.1 Å². The Hall–Kier alpha value is -2.27. The van der Waals surface area contributed by atoms with E-state index in [1.165, 1.54) is 7.11 Å². The highest BCUT2D eigenvalue weighted by molar-refractivity contribution is 5.96. The zero-order valence-electron chi connectivity index (χ0n) is 11.3.